The summed E-state index contributed by atoms with van der Waals surface area (Å²) in [7, 11) is 0. The molecule has 7 heteroatoms. The molecule has 0 unspecified atom stereocenters. The molecule has 0 saturated carbocycles. The van der Waals surface area contributed by atoms with Crippen molar-refractivity contribution >= 4 is 17.5 Å². The molecule has 0 aliphatic heterocycles. The maximum absolute atomic E-state index is 12.6. The highest BCUT2D eigenvalue weighted by atomic mass is 35.5. The Kier molecular flexibility index (Phi) is 6.01. The van der Waals surface area contributed by atoms with Gasteiger partial charge < -0.3 is 19.7 Å². The molecule has 0 spiro atoms. The van der Waals surface area contributed by atoms with Gasteiger partial charge in [0.2, 0.25) is 0 Å². The topological polar surface area (TPSA) is 78.4 Å². The van der Waals surface area contributed by atoms with Crippen molar-refractivity contribution in [3.8, 4) is 5.75 Å². The fourth-order valence-electron chi connectivity index (χ4n) is 2.22. The molecule has 0 aliphatic rings. The van der Waals surface area contributed by atoms with Gasteiger partial charge in [0.15, 0.2) is 0 Å². The predicted octanol–water partition coefficient (Wildman–Crippen LogP) is 2.40. The van der Waals surface area contributed by atoms with Crippen molar-refractivity contribution in [2.45, 2.75) is 20.4 Å². The van der Waals surface area contributed by atoms with Gasteiger partial charge in [0.05, 0.1) is 36.7 Å². The number of carbonyl (C=O) groups is 1. The van der Waals surface area contributed by atoms with Crippen LogP contribution in [0.25, 0.3) is 0 Å². The predicted molar refractivity (Wildman–Crippen MR) is 87.8 cm³/mol. The standard InChI is InChI=1S/C16H20ClN3O3/c1-3-23-15-5-4-12(8-14(15)17)16(22)20(6-7-21)10-13-9-18-11(2)19-13/h4-5,8-9,21H,3,6-7,10H2,1-2H3,(H,18,19). The molecule has 2 N–H and O–H groups in total. The number of nitrogens with one attached hydrogen (secondary N) is 1. The minimum Gasteiger partial charge on any atom is -0.492 e. The molecule has 2 aromatic rings. The first-order valence-corrected chi connectivity index (χ1v) is 7.76. The number of aryl methyl sites for hydroxylation is 1. The molecule has 1 aromatic heterocycles. The zero-order chi connectivity index (χ0) is 16.8. The number of aromatic amines is 1. The molecule has 0 saturated heterocycles. The monoisotopic (exact) mass is 337 g/mol. The Morgan fingerprint density at radius 3 is 2.83 bits per heavy atom. The average molecular weight is 338 g/mol. The Morgan fingerprint density at radius 1 is 1.48 bits per heavy atom. The number of nitrogens with zero attached hydrogens (tertiary/aromatic N) is 2. The Balaban J connectivity index is 2.18. The van der Waals surface area contributed by atoms with E-state index in [0.717, 1.165) is 11.5 Å². The van der Waals surface area contributed by atoms with E-state index in [1.165, 1.54) is 0 Å². The third-order valence-corrected chi connectivity index (χ3v) is 3.55. The molecule has 1 amide bonds. The van der Waals surface area contributed by atoms with Crippen molar-refractivity contribution in [1.29, 1.82) is 0 Å². The average Bonchev–Trinajstić information content (AvgIpc) is 2.93. The number of amides is 1. The van der Waals surface area contributed by atoms with E-state index in [4.69, 9.17) is 16.3 Å². The summed E-state index contributed by atoms with van der Waals surface area (Å²) in [6.07, 6.45) is 1.68. The zero-order valence-electron chi connectivity index (χ0n) is 13.2. The van der Waals surface area contributed by atoms with E-state index in [2.05, 4.69) is 9.97 Å². The van der Waals surface area contributed by atoms with Crippen LogP contribution in [0.4, 0.5) is 0 Å². The quantitative estimate of drug-likeness (QED) is 0.813. The Labute approximate surface area is 140 Å². The fraction of sp³-hybridized carbons (Fsp3) is 0.375. The van der Waals surface area contributed by atoms with Gasteiger partial charge in [-0.15, -0.1) is 0 Å². The number of hydrogen-bond acceptors (Lipinski definition) is 4. The first-order chi connectivity index (χ1) is 11.0. The van der Waals surface area contributed by atoms with Crippen LogP contribution in [0, 0.1) is 6.92 Å². The van der Waals surface area contributed by atoms with Crippen LogP contribution in [0.15, 0.2) is 24.4 Å². The number of aliphatic hydroxyl groups excluding tert-OH is 1. The number of imidazole rings is 1. The van der Waals surface area contributed by atoms with Crippen LogP contribution in [-0.4, -0.2) is 45.6 Å². The lowest BCUT2D eigenvalue weighted by Gasteiger charge is -2.21. The van der Waals surface area contributed by atoms with E-state index in [1.807, 2.05) is 13.8 Å². The van der Waals surface area contributed by atoms with Crippen molar-refractivity contribution in [1.82, 2.24) is 14.9 Å². The minimum absolute atomic E-state index is 0.121. The van der Waals surface area contributed by atoms with Gasteiger partial charge in [-0.2, -0.15) is 0 Å². The SMILES string of the molecule is CCOc1ccc(C(=O)N(CCO)Cc2cnc(C)[nH]2)cc1Cl. The number of ether oxygens (including phenoxy) is 1. The molecule has 0 fully saturated rings. The highest BCUT2D eigenvalue weighted by Crippen LogP contribution is 2.26. The molecule has 0 bridgehead atoms. The Bertz CT molecular complexity index is 672. The summed E-state index contributed by atoms with van der Waals surface area (Å²) in [6.45, 7) is 4.65. The van der Waals surface area contributed by atoms with Crippen molar-refractivity contribution in [2.75, 3.05) is 19.8 Å². The molecule has 2 rings (SSSR count). The van der Waals surface area contributed by atoms with Gasteiger partial charge in [0, 0.05) is 12.1 Å². The van der Waals surface area contributed by atoms with Gasteiger partial charge in [0.1, 0.15) is 11.6 Å². The zero-order valence-corrected chi connectivity index (χ0v) is 13.9. The van der Waals surface area contributed by atoms with Crippen LogP contribution in [0.5, 0.6) is 5.75 Å². The van der Waals surface area contributed by atoms with E-state index in [1.54, 1.807) is 29.3 Å². The third-order valence-electron chi connectivity index (χ3n) is 3.25. The molecule has 1 aromatic carbocycles. The number of carbonyl (C=O) groups excluding carboxylic acids is 1. The Hall–Kier alpha value is -2.05. The summed E-state index contributed by atoms with van der Waals surface area (Å²) in [6, 6.07) is 4.93. The van der Waals surface area contributed by atoms with E-state index < -0.39 is 0 Å². The summed E-state index contributed by atoms with van der Waals surface area (Å²) in [4.78, 5) is 21.4. The van der Waals surface area contributed by atoms with Crippen LogP contribution in [0.1, 0.15) is 28.8 Å². The number of aromatic nitrogens is 2. The highest BCUT2D eigenvalue weighted by molar-refractivity contribution is 6.32. The van der Waals surface area contributed by atoms with Crippen molar-refractivity contribution in [2.24, 2.45) is 0 Å². The second-order valence-corrected chi connectivity index (χ2v) is 5.43. The third kappa shape index (κ3) is 4.46. The van der Waals surface area contributed by atoms with Crippen LogP contribution in [-0.2, 0) is 6.54 Å². The second kappa shape index (κ2) is 7.99. The van der Waals surface area contributed by atoms with Gasteiger partial charge in [-0.25, -0.2) is 4.98 Å². The summed E-state index contributed by atoms with van der Waals surface area (Å²) in [5.41, 5.74) is 1.25. The van der Waals surface area contributed by atoms with Crippen molar-refractivity contribution < 1.29 is 14.6 Å². The number of benzene rings is 1. The van der Waals surface area contributed by atoms with Gasteiger partial charge in [-0.3, -0.25) is 4.79 Å². The normalized spacial score (nSPS) is 10.6. The first kappa shape index (κ1) is 17.3. The molecule has 1 heterocycles. The number of hydrogen-bond donors (Lipinski definition) is 2. The molecule has 0 atom stereocenters. The highest BCUT2D eigenvalue weighted by Gasteiger charge is 2.18. The van der Waals surface area contributed by atoms with E-state index >= 15 is 0 Å². The molecule has 6 nitrogen and oxygen atoms in total. The number of aliphatic hydroxyl groups is 1. The van der Waals surface area contributed by atoms with E-state index in [-0.39, 0.29) is 19.1 Å². The summed E-state index contributed by atoms with van der Waals surface area (Å²) < 4.78 is 5.37. The van der Waals surface area contributed by atoms with Gasteiger partial charge in [-0.05, 0) is 32.0 Å². The number of halogens is 1. The van der Waals surface area contributed by atoms with E-state index in [0.29, 0.717) is 29.5 Å². The summed E-state index contributed by atoms with van der Waals surface area (Å²) in [5.74, 6) is 1.11. The lowest BCUT2D eigenvalue weighted by Crippen LogP contribution is -2.33. The van der Waals surface area contributed by atoms with Crippen LogP contribution >= 0.6 is 11.6 Å². The summed E-state index contributed by atoms with van der Waals surface area (Å²) >= 11 is 6.14. The van der Waals surface area contributed by atoms with Gasteiger partial charge in [0.25, 0.3) is 5.91 Å². The first-order valence-electron chi connectivity index (χ1n) is 7.38. The molecule has 0 radical (unpaired) electrons. The number of rotatable bonds is 7. The van der Waals surface area contributed by atoms with Crippen LogP contribution in [0.2, 0.25) is 5.02 Å². The largest absolute Gasteiger partial charge is 0.492 e. The Morgan fingerprint density at radius 2 is 2.26 bits per heavy atom. The minimum atomic E-state index is -0.212. The summed E-state index contributed by atoms with van der Waals surface area (Å²) in [5, 5.41) is 9.61. The van der Waals surface area contributed by atoms with Crippen molar-refractivity contribution in [3.05, 3.63) is 46.5 Å². The fourth-order valence-corrected chi connectivity index (χ4v) is 2.45. The van der Waals surface area contributed by atoms with Crippen molar-refractivity contribution in [3.63, 3.8) is 0 Å². The molecule has 0 aliphatic carbocycles. The maximum atomic E-state index is 12.6. The molecule has 124 valence electrons. The smallest absolute Gasteiger partial charge is 0.254 e. The van der Waals surface area contributed by atoms with Crippen LogP contribution < -0.4 is 4.74 Å². The lowest BCUT2D eigenvalue weighted by molar-refractivity contribution is 0.0705. The number of H-pyrrole nitrogens is 1. The van der Waals surface area contributed by atoms with Crippen LogP contribution in [0.3, 0.4) is 0 Å². The molecular weight excluding hydrogens is 318 g/mol. The molecule has 23 heavy (non-hydrogen) atoms. The van der Waals surface area contributed by atoms with Gasteiger partial charge in [-0.1, -0.05) is 11.6 Å². The molecular formula is C16H20ClN3O3. The van der Waals surface area contributed by atoms with E-state index in [9.17, 15) is 9.90 Å². The lowest BCUT2D eigenvalue weighted by atomic mass is 10.2. The second-order valence-electron chi connectivity index (χ2n) is 5.02. The van der Waals surface area contributed by atoms with Gasteiger partial charge >= 0.3 is 0 Å². The maximum Gasteiger partial charge on any atom is 0.254 e.